The zero-order chi connectivity index (χ0) is 14.8. The largest absolute Gasteiger partial charge is 0.461 e. The topological polar surface area (TPSA) is 20.3 Å². The molecule has 0 unspecified atom stereocenters. The van der Waals surface area contributed by atoms with Crippen molar-refractivity contribution in [1.29, 1.82) is 0 Å². The van der Waals surface area contributed by atoms with Crippen LogP contribution in [0.15, 0.2) is 65.2 Å². The van der Waals surface area contributed by atoms with Gasteiger partial charge in [0.1, 0.15) is 11.9 Å². The lowest BCUT2D eigenvalue weighted by Crippen LogP contribution is -2.34. The van der Waals surface area contributed by atoms with Crippen molar-refractivity contribution in [2.75, 3.05) is 19.0 Å². The molecule has 0 saturated heterocycles. The Bertz CT molecular complexity index is 728. The van der Waals surface area contributed by atoms with E-state index in [1.807, 2.05) is 43.4 Å². The van der Waals surface area contributed by atoms with Gasteiger partial charge >= 0.3 is 6.01 Å². The van der Waals surface area contributed by atoms with Gasteiger partial charge in [-0.1, -0.05) is 48.0 Å². The van der Waals surface area contributed by atoms with E-state index >= 15 is 0 Å². The van der Waals surface area contributed by atoms with Gasteiger partial charge in [0.25, 0.3) is 0 Å². The predicted molar refractivity (Wildman–Crippen MR) is 84.7 cm³/mol. The maximum atomic E-state index is 6.04. The molecule has 2 aromatic carbocycles. The van der Waals surface area contributed by atoms with Gasteiger partial charge in [-0.05, 0) is 19.1 Å². The molecular weight excluding hydrogens is 260 g/mol. The van der Waals surface area contributed by atoms with E-state index in [2.05, 4.69) is 47.9 Å². The SMILES string of the molecule is Cc1ccc(-[n+]2cc(-c3ccccc3)oc2N(C)C)cc1. The first-order valence-electron chi connectivity index (χ1n) is 7.00. The van der Waals surface area contributed by atoms with Crippen LogP contribution in [0.2, 0.25) is 0 Å². The quantitative estimate of drug-likeness (QED) is 0.683. The maximum absolute atomic E-state index is 6.04. The van der Waals surface area contributed by atoms with Gasteiger partial charge < -0.3 is 4.42 Å². The van der Waals surface area contributed by atoms with E-state index in [0.29, 0.717) is 0 Å². The lowest BCUT2D eigenvalue weighted by atomic mass is 10.2. The molecule has 1 heterocycles. The van der Waals surface area contributed by atoms with Crippen molar-refractivity contribution in [2.24, 2.45) is 0 Å². The van der Waals surface area contributed by atoms with Crippen LogP contribution >= 0.6 is 0 Å². The number of anilines is 1. The molecule has 1 aromatic heterocycles. The number of hydrogen-bond acceptors (Lipinski definition) is 2. The Morgan fingerprint density at radius 2 is 1.57 bits per heavy atom. The highest BCUT2D eigenvalue weighted by Crippen LogP contribution is 2.23. The van der Waals surface area contributed by atoms with Crippen LogP contribution in [0.4, 0.5) is 6.01 Å². The molecule has 3 aromatic rings. The molecule has 0 saturated carbocycles. The van der Waals surface area contributed by atoms with Crippen LogP contribution in [0.5, 0.6) is 0 Å². The molecule has 106 valence electrons. The fourth-order valence-electron chi connectivity index (χ4n) is 2.28. The first-order valence-corrected chi connectivity index (χ1v) is 7.00. The lowest BCUT2D eigenvalue weighted by Gasteiger charge is -2.03. The second kappa shape index (κ2) is 5.44. The molecular formula is C18H19N2O+. The lowest BCUT2D eigenvalue weighted by molar-refractivity contribution is -0.584. The van der Waals surface area contributed by atoms with Gasteiger partial charge in [-0.15, -0.1) is 0 Å². The van der Waals surface area contributed by atoms with Crippen LogP contribution in [0.1, 0.15) is 5.56 Å². The number of aryl methyl sites for hydroxylation is 1. The minimum Gasteiger partial charge on any atom is -0.387 e. The fraction of sp³-hybridized carbons (Fsp3) is 0.167. The van der Waals surface area contributed by atoms with Crippen LogP contribution in [-0.2, 0) is 0 Å². The zero-order valence-corrected chi connectivity index (χ0v) is 12.6. The highest BCUT2D eigenvalue weighted by Gasteiger charge is 2.22. The number of aromatic nitrogens is 1. The third-order valence-corrected chi connectivity index (χ3v) is 3.41. The molecule has 0 N–H and O–H groups in total. The molecule has 0 aliphatic heterocycles. The fourth-order valence-corrected chi connectivity index (χ4v) is 2.28. The summed E-state index contributed by atoms with van der Waals surface area (Å²) in [4.78, 5) is 1.98. The second-order valence-electron chi connectivity index (χ2n) is 5.34. The van der Waals surface area contributed by atoms with Gasteiger partial charge in [-0.3, -0.25) is 0 Å². The first kappa shape index (κ1) is 13.4. The number of rotatable bonds is 3. The molecule has 0 atom stereocenters. The summed E-state index contributed by atoms with van der Waals surface area (Å²) in [5, 5.41) is 0. The number of hydrogen-bond donors (Lipinski definition) is 0. The van der Waals surface area contributed by atoms with E-state index in [9.17, 15) is 0 Å². The van der Waals surface area contributed by atoms with Crippen molar-refractivity contribution >= 4 is 6.01 Å². The van der Waals surface area contributed by atoms with Crippen molar-refractivity contribution in [3.63, 3.8) is 0 Å². The summed E-state index contributed by atoms with van der Waals surface area (Å²) < 4.78 is 8.11. The minimum absolute atomic E-state index is 0.803. The molecule has 0 bridgehead atoms. The predicted octanol–water partition coefficient (Wildman–Crippen LogP) is 3.60. The smallest absolute Gasteiger partial charge is 0.387 e. The van der Waals surface area contributed by atoms with Crippen LogP contribution < -0.4 is 9.47 Å². The Labute approximate surface area is 125 Å². The Kier molecular flexibility index (Phi) is 3.48. The summed E-state index contributed by atoms with van der Waals surface area (Å²) in [5.74, 6) is 0.861. The third kappa shape index (κ3) is 2.68. The third-order valence-electron chi connectivity index (χ3n) is 3.41. The van der Waals surface area contributed by atoms with Gasteiger partial charge in [0.05, 0.1) is 14.1 Å². The molecule has 0 fully saturated rings. The summed E-state index contributed by atoms with van der Waals surface area (Å²) in [6.45, 7) is 2.09. The van der Waals surface area contributed by atoms with Crippen LogP contribution in [0.25, 0.3) is 17.0 Å². The van der Waals surface area contributed by atoms with Gasteiger partial charge in [0.15, 0.2) is 5.76 Å². The van der Waals surface area contributed by atoms with Gasteiger partial charge in [0, 0.05) is 5.56 Å². The number of benzene rings is 2. The monoisotopic (exact) mass is 279 g/mol. The summed E-state index contributed by atoms with van der Waals surface area (Å²) in [6.07, 6.45) is 2.04. The normalized spacial score (nSPS) is 10.6. The average molecular weight is 279 g/mol. The van der Waals surface area contributed by atoms with E-state index in [-0.39, 0.29) is 0 Å². The second-order valence-corrected chi connectivity index (χ2v) is 5.34. The summed E-state index contributed by atoms with van der Waals surface area (Å²) >= 11 is 0. The van der Waals surface area contributed by atoms with Crippen molar-refractivity contribution in [3.05, 3.63) is 66.4 Å². The Morgan fingerprint density at radius 3 is 2.19 bits per heavy atom. The number of nitrogens with zero attached hydrogens (tertiary/aromatic N) is 2. The standard InChI is InChI=1S/C18H19N2O/c1-14-9-11-16(12-10-14)20-13-17(21-18(20)19(2)3)15-7-5-4-6-8-15/h4-13H,1-3H3/q+1. The summed E-state index contributed by atoms with van der Waals surface area (Å²) in [6, 6.07) is 19.4. The molecule has 3 heteroatoms. The molecule has 0 spiro atoms. The Hall–Kier alpha value is -2.55. The Morgan fingerprint density at radius 1 is 0.905 bits per heavy atom. The van der Waals surface area contributed by atoms with Gasteiger partial charge in [-0.25, -0.2) is 4.90 Å². The Balaban J connectivity index is 2.11. The molecule has 0 amide bonds. The van der Waals surface area contributed by atoms with Gasteiger partial charge in [-0.2, -0.15) is 4.57 Å². The van der Waals surface area contributed by atoms with Crippen LogP contribution in [0, 0.1) is 6.92 Å². The zero-order valence-electron chi connectivity index (χ0n) is 12.6. The van der Waals surface area contributed by atoms with E-state index < -0.39 is 0 Å². The molecule has 3 nitrogen and oxygen atoms in total. The molecule has 21 heavy (non-hydrogen) atoms. The summed E-state index contributed by atoms with van der Waals surface area (Å²) in [7, 11) is 3.97. The van der Waals surface area contributed by atoms with E-state index in [4.69, 9.17) is 4.42 Å². The highest BCUT2D eigenvalue weighted by atomic mass is 16.4. The molecule has 0 aliphatic carbocycles. The van der Waals surface area contributed by atoms with Gasteiger partial charge in [0.2, 0.25) is 0 Å². The summed E-state index contributed by atoms with van der Waals surface area (Å²) in [5.41, 5.74) is 3.42. The van der Waals surface area contributed by atoms with Crippen molar-refractivity contribution in [3.8, 4) is 17.0 Å². The molecule has 3 rings (SSSR count). The van der Waals surface area contributed by atoms with E-state index in [1.165, 1.54) is 5.56 Å². The van der Waals surface area contributed by atoms with Crippen molar-refractivity contribution in [2.45, 2.75) is 6.92 Å². The van der Waals surface area contributed by atoms with Crippen LogP contribution in [0.3, 0.4) is 0 Å². The van der Waals surface area contributed by atoms with Crippen LogP contribution in [-0.4, -0.2) is 14.1 Å². The van der Waals surface area contributed by atoms with Crippen molar-refractivity contribution in [1.82, 2.24) is 0 Å². The minimum atomic E-state index is 0.803. The van der Waals surface area contributed by atoms with E-state index in [0.717, 1.165) is 23.0 Å². The number of oxazole rings is 1. The average Bonchev–Trinajstić information content (AvgIpc) is 2.94. The van der Waals surface area contributed by atoms with E-state index in [1.54, 1.807) is 0 Å². The maximum Gasteiger partial charge on any atom is 0.461 e. The van der Waals surface area contributed by atoms with Crippen molar-refractivity contribution < 1.29 is 8.98 Å². The highest BCUT2D eigenvalue weighted by molar-refractivity contribution is 5.56. The molecule has 0 aliphatic rings. The molecule has 0 radical (unpaired) electrons. The first-order chi connectivity index (χ1) is 10.1.